The summed E-state index contributed by atoms with van der Waals surface area (Å²) in [5.74, 6) is 0. The van der Waals surface area contributed by atoms with Crippen molar-refractivity contribution in [1.82, 2.24) is 9.13 Å². The summed E-state index contributed by atoms with van der Waals surface area (Å²) in [6.07, 6.45) is 0. The fraction of sp³-hybridized carbons (Fsp3) is 0.0455. The lowest BCUT2D eigenvalue weighted by Crippen LogP contribution is -2.37. The molecule has 1 radical (unpaired) electrons. The summed E-state index contributed by atoms with van der Waals surface area (Å²) in [5, 5.41) is 8.97. The second-order valence-electron chi connectivity index (χ2n) is 13.0. The third kappa shape index (κ3) is 3.83. The summed E-state index contributed by atoms with van der Waals surface area (Å²) in [6.45, 7) is 4.40. The number of aryl methyl sites for hydroxylation is 2. The number of aromatic nitrogens is 2. The van der Waals surface area contributed by atoms with Crippen molar-refractivity contribution in [2.75, 3.05) is 5.32 Å². The third-order valence-electron chi connectivity index (χ3n) is 10.1. The molecule has 0 amide bonds. The zero-order valence-corrected chi connectivity index (χ0v) is 26.8. The highest BCUT2D eigenvalue weighted by atomic mass is 15.0. The Labute approximate surface area is 279 Å². The Kier molecular flexibility index (Phi) is 5.80. The molecule has 0 spiro atoms. The van der Waals surface area contributed by atoms with Crippen molar-refractivity contribution in [3.8, 4) is 22.5 Å². The van der Waals surface area contributed by atoms with Gasteiger partial charge in [-0.15, -0.1) is 0 Å². The fourth-order valence-corrected chi connectivity index (χ4v) is 8.05. The molecule has 4 heteroatoms. The summed E-state index contributed by atoms with van der Waals surface area (Å²) in [5.41, 5.74) is 16.8. The van der Waals surface area contributed by atoms with E-state index < -0.39 is 0 Å². The minimum absolute atomic E-state index is 1.09. The van der Waals surface area contributed by atoms with Crippen LogP contribution in [-0.2, 0) is 0 Å². The molecule has 225 valence electrons. The van der Waals surface area contributed by atoms with Crippen molar-refractivity contribution in [2.45, 2.75) is 13.8 Å². The van der Waals surface area contributed by atoms with E-state index >= 15 is 0 Å². The van der Waals surface area contributed by atoms with Crippen molar-refractivity contribution >= 4 is 73.2 Å². The highest BCUT2D eigenvalue weighted by Gasteiger charge is 2.28. The molecule has 0 atom stereocenters. The van der Waals surface area contributed by atoms with Crippen LogP contribution in [0.2, 0.25) is 0 Å². The lowest BCUT2D eigenvalue weighted by molar-refractivity contribution is 1.18. The molecular formula is C44H31BN3. The van der Waals surface area contributed by atoms with Crippen molar-refractivity contribution in [3.05, 3.63) is 157 Å². The molecule has 1 aliphatic rings. The van der Waals surface area contributed by atoms with Crippen molar-refractivity contribution in [2.24, 2.45) is 0 Å². The van der Waals surface area contributed by atoms with Gasteiger partial charge in [0.25, 0.3) is 0 Å². The standard InChI is InChI=1S/C44H31BN3/c1-27-25-33(43-40(26-27)48-37-21-10-7-16-30(37)31-18-12-19-34(45-43)44(31)48)41-36(46-35-20-9-6-13-28(35)2)23-24-39-42(41)32-17-8-11-22-38(32)47(39)29-14-4-3-5-15-29/h3-26,46H,1-2H3. The van der Waals surface area contributed by atoms with Crippen molar-refractivity contribution < 1.29 is 0 Å². The number of para-hydroxylation sites is 5. The molecule has 2 aromatic heterocycles. The van der Waals surface area contributed by atoms with Gasteiger partial charge in [0.15, 0.2) is 7.28 Å². The summed E-state index contributed by atoms with van der Waals surface area (Å²) in [6, 6.07) is 53.0. The molecule has 3 nitrogen and oxygen atoms in total. The largest absolute Gasteiger partial charge is 0.355 e. The Balaban J connectivity index is 1.35. The predicted octanol–water partition coefficient (Wildman–Crippen LogP) is 9.88. The van der Waals surface area contributed by atoms with E-state index in [1.807, 2.05) is 0 Å². The van der Waals surface area contributed by atoms with Gasteiger partial charge in [0.1, 0.15) is 0 Å². The van der Waals surface area contributed by atoms with Gasteiger partial charge < -0.3 is 14.5 Å². The van der Waals surface area contributed by atoms with Crippen LogP contribution in [0.5, 0.6) is 0 Å². The van der Waals surface area contributed by atoms with Gasteiger partial charge in [-0.1, -0.05) is 103 Å². The van der Waals surface area contributed by atoms with Gasteiger partial charge in [-0.05, 0) is 84.5 Å². The van der Waals surface area contributed by atoms with Gasteiger partial charge in [-0.2, -0.15) is 0 Å². The number of benzene rings is 7. The predicted molar refractivity (Wildman–Crippen MR) is 205 cm³/mol. The maximum Gasteiger partial charge on any atom is 0.197 e. The van der Waals surface area contributed by atoms with Gasteiger partial charge in [-0.25, -0.2) is 0 Å². The summed E-state index contributed by atoms with van der Waals surface area (Å²) >= 11 is 0. The smallest absolute Gasteiger partial charge is 0.197 e. The van der Waals surface area contributed by atoms with Gasteiger partial charge in [0.2, 0.25) is 0 Å². The molecule has 0 bridgehead atoms. The van der Waals surface area contributed by atoms with Crippen molar-refractivity contribution in [3.63, 3.8) is 0 Å². The van der Waals surface area contributed by atoms with Gasteiger partial charge in [-0.3, -0.25) is 0 Å². The molecule has 1 aliphatic heterocycles. The van der Waals surface area contributed by atoms with Crippen LogP contribution in [0.4, 0.5) is 11.4 Å². The van der Waals surface area contributed by atoms with Crippen molar-refractivity contribution in [1.29, 1.82) is 0 Å². The number of hydrogen-bond donors (Lipinski definition) is 1. The zero-order chi connectivity index (χ0) is 31.9. The maximum absolute atomic E-state index is 3.90. The molecule has 3 heterocycles. The van der Waals surface area contributed by atoms with Crippen LogP contribution in [0.3, 0.4) is 0 Å². The minimum atomic E-state index is 1.09. The molecule has 0 fully saturated rings. The van der Waals surface area contributed by atoms with Crippen LogP contribution in [0.1, 0.15) is 11.1 Å². The first-order chi connectivity index (χ1) is 23.7. The normalized spacial score (nSPS) is 12.1. The van der Waals surface area contributed by atoms with Gasteiger partial charge >= 0.3 is 0 Å². The van der Waals surface area contributed by atoms with Crippen LogP contribution in [0.15, 0.2) is 146 Å². The quantitative estimate of drug-likeness (QED) is 0.196. The Morgan fingerprint density at radius 1 is 0.542 bits per heavy atom. The van der Waals surface area contributed by atoms with E-state index in [4.69, 9.17) is 0 Å². The highest BCUT2D eigenvalue weighted by molar-refractivity contribution is 6.73. The van der Waals surface area contributed by atoms with Gasteiger partial charge in [0.05, 0.1) is 16.6 Å². The van der Waals surface area contributed by atoms with E-state index in [1.165, 1.54) is 82.5 Å². The fourth-order valence-electron chi connectivity index (χ4n) is 8.05. The Hall–Kier alpha value is -6.00. The maximum atomic E-state index is 3.90. The number of rotatable bonds is 4. The van der Waals surface area contributed by atoms with Crippen LogP contribution >= 0.6 is 0 Å². The van der Waals surface area contributed by atoms with Crippen LogP contribution in [-0.4, -0.2) is 16.4 Å². The van der Waals surface area contributed by atoms with Crippen LogP contribution in [0.25, 0.3) is 66.1 Å². The number of fused-ring (bicyclic) bond motifs is 8. The number of hydrogen-bond acceptors (Lipinski definition) is 1. The van der Waals surface area contributed by atoms with E-state index in [-0.39, 0.29) is 0 Å². The number of anilines is 2. The average Bonchev–Trinajstić information content (AvgIpc) is 3.64. The molecule has 1 N–H and O–H groups in total. The summed E-state index contributed by atoms with van der Waals surface area (Å²) in [7, 11) is 2.41. The molecule has 0 unspecified atom stereocenters. The second-order valence-corrected chi connectivity index (χ2v) is 13.0. The second kappa shape index (κ2) is 10.3. The first-order valence-corrected chi connectivity index (χ1v) is 16.6. The Bertz CT molecular complexity index is 2750. The van der Waals surface area contributed by atoms with E-state index in [0.717, 1.165) is 17.1 Å². The van der Waals surface area contributed by atoms with Crippen LogP contribution < -0.4 is 16.2 Å². The van der Waals surface area contributed by atoms with E-state index in [1.54, 1.807) is 0 Å². The van der Waals surface area contributed by atoms with Gasteiger partial charge in [0, 0.05) is 55.4 Å². The molecule has 48 heavy (non-hydrogen) atoms. The lowest BCUT2D eigenvalue weighted by Gasteiger charge is -2.26. The molecule has 7 aromatic carbocycles. The van der Waals surface area contributed by atoms with E-state index in [2.05, 4.69) is 181 Å². The Morgan fingerprint density at radius 3 is 2.08 bits per heavy atom. The van der Waals surface area contributed by atoms with Crippen LogP contribution in [0, 0.1) is 13.8 Å². The minimum Gasteiger partial charge on any atom is -0.355 e. The van der Waals surface area contributed by atoms with E-state index in [0.29, 0.717) is 0 Å². The third-order valence-corrected chi connectivity index (χ3v) is 10.1. The molecule has 10 rings (SSSR count). The molecule has 0 aliphatic carbocycles. The lowest BCUT2D eigenvalue weighted by atomic mass is 9.58. The number of nitrogens with one attached hydrogen (secondary N) is 1. The highest BCUT2D eigenvalue weighted by Crippen LogP contribution is 2.44. The zero-order valence-electron chi connectivity index (χ0n) is 26.8. The summed E-state index contributed by atoms with van der Waals surface area (Å²) in [4.78, 5) is 0. The molecule has 0 saturated carbocycles. The topological polar surface area (TPSA) is 21.9 Å². The van der Waals surface area contributed by atoms with E-state index in [9.17, 15) is 0 Å². The first-order valence-electron chi connectivity index (χ1n) is 16.6. The SMILES string of the molecule is Cc1cc(-c2c(Nc3ccccc3C)ccc3c2c2ccccc2n3-c2ccccc2)c2c(c1)-n1c3ccccc3c3cccc(c31)[B]2. The first kappa shape index (κ1) is 27.1. The molecular weight excluding hydrogens is 581 g/mol. The molecule has 9 aromatic rings. The summed E-state index contributed by atoms with van der Waals surface area (Å²) < 4.78 is 4.91. The molecule has 0 saturated heterocycles. The monoisotopic (exact) mass is 612 g/mol. The average molecular weight is 613 g/mol. The number of nitrogens with zero attached hydrogens (tertiary/aromatic N) is 2. The Morgan fingerprint density at radius 2 is 1.25 bits per heavy atom.